The van der Waals surface area contributed by atoms with Gasteiger partial charge >= 0.3 is 5.97 Å². The molecule has 0 saturated carbocycles. The van der Waals surface area contributed by atoms with Crippen molar-refractivity contribution in [2.75, 3.05) is 19.5 Å². The van der Waals surface area contributed by atoms with E-state index in [0.717, 1.165) is 4.70 Å². The number of carbonyl (C=O) groups is 2. The van der Waals surface area contributed by atoms with E-state index in [-0.39, 0.29) is 5.56 Å². The zero-order valence-electron chi connectivity index (χ0n) is 13.5. The van der Waals surface area contributed by atoms with Crippen LogP contribution in [-0.4, -0.2) is 26.1 Å². The molecule has 1 amide bonds. The van der Waals surface area contributed by atoms with Crippen molar-refractivity contribution in [2.45, 2.75) is 0 Å². The number of thiophene rings is 1. The van der Waals surface area contributed by atoms with Gasteiger partial charge in [0, 0.05) is 15.8 Å². The second-order valence-corrected chi connectivity index (χ2v) is 6.15. The van der Waals surface area contributed by atoms with E-state index < -0.39 is 17.7 Å². The van der Waals surface area contributed by atoms with E-state index >= 15 is 0 Å². The number of hydrogen-bond acceptors (Lipinski definition) is 5. The average Bonchev–Trinajstić information content (AvgIpc) is 2.99. The Balaban J connectivity index is 1.97. The van der Waals surface area contributed by atoms with Gasteiger partial charge in [0.05, 0.1) is 19.8 Å². The standard InChI is InChI=1S/C18H14FNO4S/c1-23-15-12-9-10(7-8-14(12)25-16(15)18(22)24-2)20-17(21)11-5-3-4-6-13(11)19/h3-9H,1-2H3,(H,20,21). The van der Waals surface area contributed by atoms with Crippen LogP contribution in [0.4, 0.5) is 10.1 Å². The molecule has 0 unspecified atom stereocenters. The van der Waals surface area contributed by atoms with Gasteiger partial charge in [-0.2, -0.15) is 0 Å². The first kappa shape index (κ1) is 16.9. The molecule has 0 radical (unpaired) electrons. The smallest absolute Gasteiger partial charge is 0.351 e. The van der Waals surface area contributed by atoms with Crippen molar-refractivity contribution < 1.29 is 23.5 Å². The quantitative estimate of drug-likeness (QED) is 0.713. The molecule has 3 aromatic rings. The van der Waals surface area contributed by atoms with Crippen molar-refractivity contribution in [1.82, 2.24) is 0 Å². The van der Waals surface area contributed by atoms with Gasteiger partial charge in [-0.25, -0.2) is 9.18 Å². The average molecular weight is 359 g/mol. The van der Waals surface area contributed by atoms with E-state index in [0.29, 0.717) is 21.7 Å². The highest BCUT2D eigenvalue weighted by Gasteiger charge is 2.20. The zero-order valence-corrected chi connectivity index (χ0v) is 14.3. The Morgan fingerprint density at radius 2 is 1.88 bits per heavy atom. The summed E-state index contributed by atoms with van der Waals surface area (Å²) in [4.78, 5) is 24.4. The largest absolute Gasteiger partial charge is 0.494 e. The fourth-order valence-corrected chi connectivity index (χ4v) is 3.50. The number of hydrogen-bond donors (Lipinski definition) is 1. The van der Waals surface area contributed by atoms with Crippen molar-refractivity contribution in [1.29, 1.82) is 0 Å². The summed E-state index contributed by atoms with van der Waals surface area (Å²) in [5, 5.41) is 3.31. The zero-order chi connectivity index (χ0) is 18.0. The molecule has 0 atom stereocenters. The van der Waals surface area contributed by atoms with Crippen LogP contribution in [-0.2, 0) is 4.74 Å². The van der Waals surface area contributed by atoms with Crippen LogP contribution < -0.4 is 10.1 Å². The number of nitrogens with one attached hydrogen (secondary N) is 1. The van der Waals surface area contributed by atoms with Crippen LogP contribution in [0.3, 0.4) is 0 Å². The predicted octanol–water partition coefficient (Wildman–Crippen LogP) is 4.09. The highest BCUT2D eigenvalue weighted by Crippen LogP contribution is 2.39. The molecule has 7 heteroatoms. The SMILES string of the molecule is COC(=O)c1sc2ccc(NC(=O)c3ccccc3F)cc2c1OC. The third kappa shape index (κ3) is 3.18. The maximum absolute atomic E-state index is 13.7. The molecule has 0 aliphatic carbocycles. The number of halogens is 1. The highest BCUT2D eigenvalue weighted by molar-refractivity contribution is 7.21. The number of benzene rings is 2. The van der Waals surface area contributed by atoms with Gasteiger partial charge in [0.1, 0.15) is 5.82 Å². The van der Waals surface area contributed by atoms with Crippen LogP contribution in [0.15, 0.2) is 42.5 Å². The molecule has 1 heterocycles. The summed E-state index contributed by atoms with van der Waals surface area (Å²) in [5.74, 6) is -1.26. The van der Waals surface area contributed by atoms with Crippen LogP contribution in [0.5, 0.6) is 5.75 Å². The Morgan fingerprint density at radius 3 is 2.56 bits per heavy atom. The molecule has 3 rings (SSSR count). The molecule has 1 aromatic heterocycles. The molecule has 2 aromatic carbocycles. The molecule has 0 aliphatic heterocycles. The van der Waals surface area contributed by atoms with Crippen molar-refractivity contribution in [3.8, 4) is 5.75 Å². The Hall–Kier alpha value is -2.93. The molecule has 0 fully saturated rings. The molecule has 5 nitrogen and oxygen atoms in total. The predicted molar refractivity (Wildman–Crippen MR) is 94.1 cm³/mol. The van der Waals surface area contributed by atoms with E-state index in [1.165, 1.54) is 43.8 Å². The van der Waals surface area contributed by atoms with Crippen molar-refractivity contribution in [2.24, 2.45) is 0 Å². The Kier molecular flexibility index (Phi) is 4.67. The third-order valence-corrected chi connectivity index (χ3v) is 4.73. The van der Waals surface area contributed by atoms with E-state index in [1.54, 1.807) is 24.3 Å². The van der Waals surface area contributed by atoms with Crippen LogP contribution >= 0.6 is 11.3 Å². The topological polar surface area (TPSA) is 64.6 Å². The first-order chi connectivity index (χ1) is 12.0. The monoisotopic (exact) mass is 359 g/mol. The maximum Gasteiger partial charge on any atom is 0.351 e. The fourth-order valence-electron chi connectivity index (χ4n) is 2.43. The number of amides is 1. The minimum absolute atomic E-state index is 0.0462. The normalized spacial score (nSPS) is 10.5. The van der Waals surface area contributed by atoms with E-state index in [2.05, 4.69) is 5.32 Å². The minimum atomic E-state index is -0.595. The van der Waals surface area contributed by atoms with Crippen LogP contribution in [0, 0.1) is 5.82 Å². The molecule has 1 N–H and O–H groups in total. The van der Waals surface area contributed by atoms with Gasteiger partial charge < -0.3 is 14.8 Å². The molecule has 25 heavy (non-hydrogen) atoms. The summed E-state index contributed by atoms with van der Waals surface area (Å²) >= 11 is 1.24. The Morgan fingerprint density at radius 1 is 1.12 bits per heavy atom. The fraction of sp³-hybridized carbons (Fsp3) is 0.111. The number of carbonyl (C=O) groups excluding carboxylic acids is 2. The van der Waals surface area contributed by atoms with Gasteiger partial charge in [0.2, 0.25) is 0 Å². The van der Waals surface area contributed by atoms with Crippen molar-refractivity contribution in [3.05, 3.63) is 58.7 Å². The molecular formula is C18H14FNO4S. The summed E-state index contributed by atoms with van der Waals surface area (Å²) in [5.41, 5.74) is 0.420. The van der Waals surface area contributed by atoms with Gasteiger partial charge in [-0.15, -0.1) is 11.3 Å². The summed E-state index contributed by atoms with van der Waals surface area (Å²) in [7, 11) is 2.75. The molecule has 0 spiro atoms. The number of methoxy groups -OCH3 is 2. The Bertz CT molecular complexity index is 967. The molecule has 0 aliphatic rings. The van der Waals surface area contributed by atoms with Gasteiger partial charge in [0.25, 0.3) is 5.91 Å². The number of rotatable bonds is 4. The lowest BCUT2D eigenvalue weighted by Gasteiger charge is -2.07. The van der Waals surface area contributed by atoms with E-state index in [9.17, 15) is 14.0 Å². The van der Waals surface area contributed by atoms with Crippen molar-refractivity contribution in [3.63, 3.8) is 0 Å². The van der Waals surface area contributed by atoms with Gasteiger partial charge in [0.15, 0.2) is 10.6 Å². The lowest BCUT2D eigenvalue weighted by atomic mass is 10.1. The first-order valence-corrected chi connectivity index (χ1v) is 8.11. The summed E-state index contributed by atoms with van der Waals surface area (Å²) in [6, 6.07) is 10.8. The third-order valence-electron chi connectivity index (χ3n) is 3.59. The number of anilines is 1. The number of ether oxygens (including phenoxy) is 2. The Labute approximate surface area is 147 Å². The van der Waals surface area contributed by atoms with E-state index in [4.69, 9.17) is 9.47 Å². The van der Waals surface area contributed by atoms with Crippen LogP contribution in [0.2, 0.25) is 0 Å². The molecule has 128 valence electrons. The van der Waals surface area contributed by atoms with Gasteiger partial charge in [-0.05, 0) is 30.3 Å². The van der Waals surface area contributed by atoms with Crippen LogP contribution in [0.1, 0.15) is 20.0 Å². The molecular weight excluding hydrogens is 345 g/mol. The highest BCUT2D eigenvalue weighted by atomic mass is 32.1. The lowest BCUT2D eigenvalue weighted by Crippen LogP contribution is -2.13. The summed E-state index contributed by atoms with van der Waals surface area (Å²) < 4.78 is 24.6. The second-order valence-electron chi connectivity index (χ2n) is 5.10. The number of fused-ring (bicyclic) bond motifs is 1. The number of esters is 1. The lowest BCUT2D eigenvalue weighted by molar-refractivity contribution is 0.0603. The van der Waals surface area contributed by atoms with Gasteiger partial charge in [-0.1, -0.05) is 12.1 Å². The summed E-state index contributed by atoms with van der Waals surface area (Å²) in [6.07, 6.45) is 0. The van der Waals surface area contributed by atoms with E-state index in [1.807, 2.05) is 0 Å². The molecule has 0 saturated heterocycles. The second kappa shape index (κ2) is 6.90. The van der Waals surface area contributed by atoms with Crippen LogP contribution in [0.25, 0.3) is 10.1 Å². The minimum Gasteiger partial charge on any atom is -0.494 e. The van der Waals surface area contributed by atoms with Crippen molar-refractivity contribution >= 4 is 39.0 Å². The first-order valence-electron chi connectivity index (χ1n) is 7.30. The van der Waals surface area contributed by atoms with Gasteiger partial charge in [-0.3, -0.25) is 4.79 Å². The molecule has 0 bridgehead atoms. The maximum atomic E-state index is 13.7. The summed E-state index contributed by atoms with van der Waals surface area (Å²) in [6.45, 7) is 0.